The molecule has 0 fully saturated rings. The van der Waals surface area contributed by atoms with E-state index in [1.807, 2.05) is 60.0 Å². The van der Waals surface area contributed by atoms with Crippen molar-refractivity contribution in [2.24, 2.45) is 4.99 Å². The van der Waals surface area contributed by atoms with Gasteiger partial charge in [-0.25, -0.2) is 4.99 Å². The Bertz CT molecular complexity index is 979. The highest BCUT2D eigenvalue weighted by Gasteiger charge is 2.07. The molecule has 8 heteroatoms. The van der Waals surface area contributed by atoms with Crippen LogP contribution >= 0.6 is 0 Å². The lowest BCUT2D eigenvalue weighted by atomic mass is 10.1. The van der Waals surface area contributed by atoms with Gasteiger partial charge in [0.1, 0.15) is 0 Å². The molecule has 0 aliphatic heterocycles. The molecule has 0 unspecified atom stereocenters. The van der Waals surface area contributed by atoms with Crippen molar-refractivity contribution in [3.8, 4) is 0 Å². The monoisotopic (exact) mass is 407 g/mol. The minimum atomic E-state index is -0.0333. The standard InChI is InChI=1S/C22H29N7O/c1-3-5-13-24-21(30)18-11-9-17(10-12-18)15-25-22(23-4-2)26-16-20-28-27-19-8-6-7-14-29(19)20/h6-12,14H,3-5,13,15-16H2,1-2H3,(H,24,30)(H2,23,25,26). The minimum absolute atomic E-state index is 0.0333. The van der Waals surface area contributed by atoms with Gasteiger partial charge in [-0.05, 0) is 43.2 Å². The summed E-state index contributed by atoms with van der Waals surface area (Å²) in [5, 5.41) is 17.9. The van der Waals surface area contributed by atoms with E-state index < -0.39 is 0 Å². The zero-order valence-corrected chi connectivity index (χ0v) is 17.6. The summed E-state index contributed by atoms with van der Waals surface area (Å²) < 4.78 is 1.95. The average molecular weight is 408 g/mol. The number of nitrogens with zero attached hydrogens (tertiary/aromatic N) is 4. The summed E-state index contributed by atoms with van der Waals surface area (Å²) in [5.74, 6) is 1.48. The molecule has 0 radical (unpaired) electrons. The van der Waals surface area contributed by atoms with Crippen LogP contribution in [0.15, 0.2) is 53.7 Å². The third-order valence-corrected chi connectivity index (χ3v) is 4.59. The van der Waals surface area contributed by atoms with Crippen LogP contribution in [0, 0.1) is 0 Å². The molecular formula is C22H29N7O. The van der Waals surface area contributed by atoms with E-state index in [-0.39, 0.29) is 5.91 Å². The van der Waals surface area contributed by atoms with E-state index in [9.17, 15) is 4.79 Å². The van der Waals surface area contributed by atoms with Crippen LogP contribution in [-0.2, 0) is 13.1 Å². The number of amides is 1. The maximum absolute atomic E-state index is 12.1. The number of fused-ring (bicyclic) bond motifs is 1. The first kappa shape index (κ1) is 21.3. The molecule has 3 N–H and O–H groups in total. The smallest absolute Gasteiger partial charge is 0.251 e. The van der Waals surface area contributed by atoms with E-state index in [1.54, 1.807) is 0 Å². The van der Waals surface area contributed by atoms with E-state index >= 15 is 0 Å². The fourth-order valence-electron chi connectivity index (χ4n) is 2.93. The number of benzene rings is 1. The van der Waals surface area contributed by atoms with Crippen LogP contribution in [-0.4, -0.2) is 39.6 Å². The molecule has 8 nitrogen and oxygen atoms in total. The van der Waals surface area contributed by atoms with Gasteiger partial charge in [0.2, 0.25) is 0 Å². The maximum atomic E-state index is 12.1. The first-order valence-corrected chi connectivity index (χ1v) is 10.4. The van der Waals surface area contributed by atoms with Crippen LogP contribution in [0.25, 0.3) is 5.65 Å². The first-order valence-electron chi connectivity index (χ1n) is 10.4. The molecule has 0 atom stereocenters. The van der Waals surface area contributed by atoms with E-state index in [1.165, 1.54) is 0 Å². The lowest BCUT2D eigenvalue weighted by Gasteiger charge is -2.11. The fourth-order valence-corrected chi connectivity index (χ4v) is 2.93. The number of carbonyl (C=O) groups is 1. The third kappa shape index (κ3) is 5.79. The first-order chi connectivity index (χ1) is 14.7. The van der Waals surface area contributed by atoms with Crippen molar-refractivity contribution in [3.63, 3.8) is 0 Å². The number of guanidine groups is 1. The van der Waals surface area contributed by atoms with Crippen LogP contribution in [0.3, 0.4) is 0 Å². The number of unbranched alkanes of at least 4 members (excludes halogenated alkanes) is 1. The Kier molecular flexibility index (Phi) is 7.77. The van der Waals surface area contributed by atoms with Crippen LogP contribution in [0.2, 0.25) is 0 Å². The van der Waals surface area contributed by atoms with Crippen molar-refractivity contribution < 1.29 is 4.79 Å². The molecule has 0 aliphatic rings. The number of aliphatic imine (C=N–C) groups is 1. The Hall–Kier alpha value is -3.42. The lowest BCUT2D eigenvalue weighted by molar-refractivity contribution is 0.0953. The second kappa shape index (κ2) is 10.9. The predicted molar refractivity (Wildman–Crippen MR) is 118 cm³/mol. The van der Waals surface area contributed by atoms with Gasteiger partial charge < -0.3 is 16.0 Å². The van der Waals surface area contributed by atoms with Crippen molar-refractivity contribution >= 4 is 17.5 Å². The largest absolute Gasteiger partial charge is 0.357 e. The van der Waals surface area contributed by atoms with E-state index in [0.29, 0.717) is 31.2 Å². The summed E-state index contributed by atoms with van der Waals surface area (Å²) in [6.07, 6.45) is 3.99. The second-order valence-electron chi connectivity index (χ2n) is 6.90. The molecule has 30 heavy (non-hydrogen) atoms. The minimum Gasteiger partial charge on any atom is -0.357 e. The quantitative estimate of drug-likeness (QED) is 0.288. The molecule has 2 heterocycles. The van der Waals surface area contributed by atoms with Gasteiger partial charge in [-0.3, -0.25) is 9.20 Å². The normalized spacial score (nSPS) is 11.5. The Labute approximate surface area is 176 Å². The Morgan fingerprint density at radius 3 is 2.63 bits per heavy atom. The topological polar surface area (TPSA) is 95.7 Å². The number of pyridine rings is 1. The molecule has 3 rings (SSSR count). The predicted octanol–water partition coefficient (Wildman–Crippen LogP) is 2.51. The zero-order valence-electron chi connectivity index (χ0n) is 17.6. The highest BCUT2D eigenvalue weighted by Crippen LogP contribution is 2.06. The zero-order chi connectivity index (χ0) is 21.2. The number of aromatic nitrogens is 3. The fraction of sp³-hybridized carbons (Fsp3) is 0.364. The van der Waals surface area contributed by atoms with E-state index in [4.69, 9.17) is 0 Å². The van der Waals surface area contributed by atoms with E-state index in [0.717, 1.165) is 36.4 Å². The number of carbonyl (C=O) groups excluding carboxylic acids is 1. The van der Waals surface area contributed by atoms with Crippen molar-refractivity contribution in [1.82, 2.24) is 30.5 Å². The van der Waals surface area contributed by atoms with Crippen molar-refractivity contribution in [2.45, 2.75) is 39.8 Å². The summed E-state index contributed by atoms with van der Waals surface area (Å²) >= 11 is 0. The molecule has 0 aliphatic carbocycles. The van der Waals surface area contributed by atoms with Crippen LogP contribution < -0.4 is 16.0 Å². The summed E-state index contributed by atoms with van der Waals surface area (Å²) in [7, 11) is 0. The lowest BCUT2D eigenvalue weighted by Crippen LogP contribution is -2.37. The maximum Gasteiger partial charge on any atom is 0.251 e. The number of nitrogens with one attached hydrogen (secondary N) is 3. The second-order valence-corrected chi connectivity index (χ2v) is 6.90. The molecular weight excluding hydrogens is 378 g/mol. The molecule has 0 bridgehead atoms. The summed E-state index contributed by atoms with van der Waals surface area (Å²) in [5.41, 5.74) is 2.52. The summed E-state index contributed by atoms with van der Waals surface area (Å²) in [6, 6.07) is 13.4. The van der Waals surface area contributed by atoms with Crippen LogP contribution in [0.1, 0.15) is 48.4 Å². The molecule has 0 saturated heterocycles. The van der Waals surface area contributed by atoms with Gasteiger partial charge in [-0.2, -0.15) is 0 Å². The SMILES string of the molecule is CCCCNC(=O)c1ccc(CN=C(NCC)NCc2nnc3ccccn23)cc1. The van der Waals surface area contributed by atoms with Crippen LogP contribution in [0.4, 0.5) is 0 Å². The average Bonchev–Trinajstić information content (AvgIpc) is 3.19. The number of hydrogen-bond donors (Lipinski definition) is 3. The van der Waals surface area contributed by atoms with E-state index in [2.05, 4.69) is 38.1 Å². The van der Waals surface area contributed by atoms with Gasteiger partial charge in [0, 0.05) is 24.8 Å². The Morgan fingerprint density at radius 2 is 1.87 bits per heavy atom. The van der Waals surface area contributed by atoms with Gasteiger partial charge in [-0.15, -0.1) is 10.2 Å². The van der Waals surface area contributed by atoms with Gasteiger partial charge in [0.05, 0.1) is 13.1 Å². The molecule has 3 aromatic rings. The van der Waals surface area contributed by atoms with Gasteiger partial charge in [0.25, 0.3) is 5.91 Å². The summed E-state index contributed by atoms with van der Waals surface area (Å²) in [4.78, 5) is 16.7. The molecule has 1 aromatic carbocycles. The molecule has 1 amide bonds. The van der Waals surface area contributed by atoms with Gasteiger partial charge in [-0.1, -0.05) is 31.5 Å². The highest BCUT2D eigenvalue weighted by molar-refractivity contribution is 5.94. The Balaban J connectivity index is 1.58. The van der Waals surface area contributed by atoms with Crippen molar-refractivity contribution in [3.05, 3.63) is 65.6 Å². The molecule has 2 aromatic heterocycles. The molecule has 0 saturated carbocycles. The third-order valence-electron chi connectivity index (χ3n) is 4.59. The van der Waals surface area contributed by atoms with Gasteiger partial charge in [0.15, 0.2) is 17.4 Å². The highest BCUT2D eigenvalue weighted by atomic mass is 16.1. The molecule has 0 spiro atoms. The summed E-state index contributed by atoms with van der Waals surface area (Å²) in [6.45, 7) is 6.60. The van der Waals surface area contributed by atoms with Crippen molar-refractivity contribution in [1.29, 1.82) is 0 Å². The van der Waals surface area contributed by atoms with Gasteiger partial charge >= 0.3 is 0 Å². The Morgan fingerprint density at radius 1 is 1.03 bits per heavy atom. The molecule has 158 valence electrons. The van der Waals surface area contributed by atoms with Crippen LogP contribution in [0.5, 0.6) is 0 Å². The number of hydrogen-bond acceptors (Lipinski definition) is 4. The van der Waals surface area contributed by atoms with Crippen molar-refractivity contribution in [2.75, 3.05) is 13.1 Å². The number of rotatable bonds is 9.